The van der Waals surface area contributed by atoms with E-state index in [1.54, 1.807) is 6.07 Å². The van der Waals surface area contributed by atoms with Crippen molar-refractivity contribution in [3.63, 3.8) is 0 Å². The molecule has 1 aromatic heterocycles. The van der Waals surface area contributed by atoms with Gasteiger partial charge in [-0.1, -0.05) is 0 Å². The zero-order valence-electron chi connectivity index (χ0n) is 11.5. The van der Waals surface area contributed by atoms with E-state index in [0.717, 1.165) is 17.0 Å². The Morgan fingerprint density at radius 2 is 1.95 bits per heavy atom. The van der Waals surface area contributed by atoms with E-state index in [1.807, 2.05) is 11.5 Å². The van der Waals surface area contributed by atoms with E-state index in [-0.39, 0.29) is 11.4 Å². The second kappa shape index (κ2) is 4.93. The van der Waals surface area contributed by atoms with Crippen LogP contribution in [0.3, 0.4) is 0 Å². The molecule has 0 aliphatic heterocycles. The fourth-order valence-electron chi connectivity index (χ4n) is 2.16. The maximum atomic E-state index is 13.2. The first-order valence-electron chi connectivity index (χ1n) is 6.12. The van der Waals surface area contributed by atoms with Gasteiger partial charge in [-0.05, 0) is 51.5 Å². The summed E-state index contributed by atoms with van der Waals surface area (Å²) in [4.78, 5) is 0. The summed E-state index contributed by atoms with van der Waals surface area (Å²) in [5.74, 6) is 1.49. The minimum atomic E-state index is -0.249. The highest BCUT2D eigenvalue weighted by molar-refractivity contribution is 6.16. The topological polar surface area (TPSA) is 30.7 Å². The van der Waals surface area contributed by atoms with Crippen LogP contribution in [0.15, 0.2) is 18.2 Å². The van der Waals surface area contributed by atoms with Crippen molar-refractivity contribution in [2.45, 2.75) is 39.1 Å². The molecule has 0 fully saturated rings. The SMILES string of the molecule is Cc1cc(F)ccc1-c1nnc(CCl)n1C(C)(C)C. The summed E-state index contributed by atoms with van der Waals surface area (Å²) in [6.07, 6.45) is 0. The molecule has 0 aliphatic rings. The van der Waals surface area contributed by atoms with Crippen LogP contribution in [0.25, 0.3) is 11.4 Å². The van der Waals surface area contributed by atoms with E-state index >= 15 is 0 Å². The first-order chi connectivity index (χ1) is 8.84. The normalized spacial score (nSPS) is 11.9. The quantitative estimate of drug-likeness (QED) is 0.782. The lowest BCUT2D eigenvalue weighted by Crippen LogP contribution is -2.25. The number of hydrogen-bond acceptors (Lipinski definition) is 2. The number of hydrogen-bond donors (Lipinski definition) is 0. The summed E-state index contributed by atoms with van der Waals surface area (Å²) in [6, 6.07) is 4.66. The number of benzene rings is 1. The molecule has 102 valence electrons. The summed E-state index contributed by atoms with van der Waals surface area (Å²) in [5.41, 5.74) is 1.52. The van der Waals surface area contributed by atoms with Crippen molar-refractivity contribution in [3.05, 3.63) is 35.4 Å². The van der Waals surface area contributed by atoms with Crippen molar-refractivity contribution in [1.82, 2.24) is 14.8 Å². The van der Waals surface area contributed by atoms with E-state index in [9.17, 15) is 4.39 Å². The molecule has 0 saturated carbocycles. The molecule has 0 amide bonds. The summed E-state index contributed by atoms with van der Waals surface area (Å²) in [7, 11) is 0. The standard InChI is InChI=1S/C14H17ClFN3/c1-9-7-10(16)5-6-11(9)13-18-17-12(8-15)19(13)14(2,3)4/h5-7H,8H2,1-4H3. The van der Waals surface area contributed by atoms with Gasteiger partial charge in [-0.3, -0.25) is 0 Å². The van der Waals surface area contributed by atoms with Crippen molar-refractivity contribution in [2.75, 3.05) is 0 Å². The molecule has 0 bridgehead atoms. The summed E-state index contributed by atoms with van der Waals surface area (Å²) < 4.78 is 15.2. The Morgan fingerprint density at radius 1 is 1.26 bits per heavy atom. The molecule has 1 heterocycles. The first-order valence-corrected chi connectivity index (χ1v) is 6.65. The molecule has 1 aromatic carbocycles. The molecule has 0 radical (unpaired) electrons. The largest absolute Gasteiger partial charge is 0.305 e. The number of aromatic nitrogens is 3. The van der Waals surface area contributed by atoms with Gasteiger partial charge in [-0.25, -0.2) is 4.39 Å². The van der Waals surface area contributed by atoms with Crippen LogP contribution in [-0.4, -0.2) is 14.8 Å². The Kier molecular flexibility index (Phi) is 3.63. The van der Waals surface area contributed by atoms with Crippen molar-refractivity contribution < 1.29 is 4.39 Å². The van der Waals surface area contributed by atoms with Gasteiger partial charge in [0.25, 0.3) is 0 Å². The third-order valence-corrected chi connectivity index (χ3v) is 3.19. The molecular formula is C14H17ClFN3. The van der Waals surface area contributed by atoms with Gasteiger partial charge >= 0.3 is 0 Å². The Bertz CT molecular complexity index is 599. The number of aryl methyl sites for hydroxylation is 1. The fourth-order valence-corrected chi connectivity index (χ4v) is 2.33. The van der Waals surface area contributed by atoms with Gasteiger partial charge in [0.15, 0.2) is 5.82 Å². The van der Waals surface area contributed by atoms with Gasteiger partial charge < -0.3 is 4.57 Å². The van der Waals surface area contributed by atoms with Crippen molar-refractivity contribution >= 4 is 11.6 Å². The highest BCUT2D eigenvalue weighted by Gasteiger charge is 2.24. The van der Waals surface area contributed by atoms with E-state index in [2.05, 4.69) is 31.0 Å². The fraction of sp³-hybridized carbons (Fsp3) is 0.429. The predicted molar refractivity (Wildman–Crippen MR) is 74.7 cm³/mol. The average molecular weight is 282 g/mol. The van der Waals surface area contributed by atoms with Gasteiger partial charge in [0, 0.05) is 11.1 Å². The van der Waals surface area contributed by atoms with E-state index in [0.29, 0.717) is 11.7 Å². The molecule has 0 spiro atoms. The summed E-state index contributed by atoms with van der Waals surface area (Å²) in [6.45, 7) is 8.05. The number of alkyl halides is 1. The van der Waals surface area contributed by atoms with E-state index in [4.69, 9.17) is 11.6 Å². The smallest absolute Gasteiger partial charge is 0.164 e. The first kappa shape index (κ1) is 14.0. The predicted octanol–water partition coefficient (Wildman–Crippen LogP) is 3.89. The van der Waals surface area contributed by atoms with Crippen LogP contribution in [0, 0.1) is 12.7 Å². The van der Waals surface area contributed by atoms with Gasteiger partial charge in [-0.15, -0.1) is 21.8 Å². The van der Waals surface area contributed by atoms with Gasteiger partial charge in [0.2, 0.25) is 0 Å². The lowest BCUT2D eigenvalue weighted by atomic mass is 10.0. The molecule has 2 rings (SSSR count). The zero-order chi connectivity index (χ0) is 14.2. The number of rotatable bonds is 2. The van der Waals surface area contributed by atoms with Gasteiger partial charge in [-0.2, -0.15) is 0 Å². The van der Waals surface area contributed by atoms with Crippen molar-refractivity contribution in [1.29, 1.82) is 0 Å². The maximum Gasteiger partial charge on any atom is 0.164 e. The molecule has 2 aromatic rings. The van der Waals surface area contributed by atoms with E-state index in [1.165, 1.54) is 12.1 Å². The van der Waals surface area contributed by atoms with Crippen molar-refractivity contribution in [2.24, 2.45) is 0 Å². The lowest BCUT2D eigenvalue weighted by Gasteiger charge is -2.25. The number of halogens is 2. The Hall–Kier alpha value is -1.42. The van der Waals surface area contributed by atoms with Crippen LogP contribution in [0.1, 0.15) is 32.2 Å². The summed E-state index contributed by atoms with van der Waals surface area (Å²) in [5, 5.41) is 8.35. The summed E-state index contributed by atoms with van der Waals surface area (Å²) >= 11 is 5.92. The minimum absolute atomic E-state index is 0.191. The van der Waals surface area contributed by atoms with Crippen LogP contribution in [-0.2, 0) is 11.4 Å². The molecule has 0 aliphatic carbocycles. The van der Waals surface area contributed by atoms with Crippen LogP contribution >= 0.6 is 11.6 Å². The van der Waals surface area contributed by atoms with Crippen LogP contribution < -0.4 is 0 Å². The second-order valence-electron chi connectivity index (χ2n) is 5.54. The molecule has 0 atom stereocenters. The monoisotopic (exact) mass is 281 g/mol. The Morgan fingerprint density at radius 3 is 2.47 bits per heavy atom. The molecule has 0 unspecified atom stereocenters. The highest BCUT2D eigenvalue weighted by atomic mass is 35.5. The third kappa shape index (κ3) is 2.63. The minimum Gasteiger partial charge on any atom is -0.305 e. The van der Waals surface area contributed by atoms with Gasteiger partial charge in [0.05, 0.1) is 5.88 Å². The van der Waals surface area contributed by atoms with Crippen molar-refractivity contribution in [3.8, 4) is 11.4 Å². The zero-order valence-corrected chi connectivity index (χ0v) is 12.3. The van der Waals surface area contributed by atoms with Crippen LogP contribution in [0.4, 0.5) is 4.39 Å². The molecule has 3 nitrogen and oxygen atoms in total. The molecule has 5 heteroatoms. The van der Waals surface area contributed by atoms with E-state index < -0.39 is 0 Å². The van der Waals surface area contributed by atoms with Gasteiger partial charge in [0.1, 0.15) is 11.6 Å². The average Bonchev–Trinajstić information content (AvgIpc) is 2.72. The molecule has 19 heavy (non-hydrogen) atoms. The van der Waals surface area contributed by atoms with Crippen LogP contribution in [0.5, 0.6) is 0 Å². The highest BCUT2D eigenvalue weighted by Crippen LogP contribution is 2.29. The maximum absolute atomic E-state index is 13.2. The molecule has 0 N–H and O–H groups in total. The Balaban J connectivity index is 2.66. The molecule has 0 saturated heterocycles. The lowest BCUT2D eigenvalue weighted by molar-refractivity contribution is 0.390. The second-order valence-corrected chi connectivity index (χ2v) is 5.81. The number of nitrogens with zero attached hydrogens (tertiary/aromatic N) is 3. The molecular weight excluding hydrogens is 265 g/mol. The third-order valence-electron chi connectivity index (χ3n) is 2.95. The van der Waals surface area contributed by atoms with Crippen LogP contribution in [0.2, 0.25) is 0 Å². The Labute approximate surface area is 117 Å².